The van der Waals surface area contributed by atoms with Gasteiger partial charge in [-0.25, -0.2) is 9.59 Å². The van der Waals surface area contributed by atoms with Crippen LogP contribution in [-0.2, 0) is 22.4 Å². The van der Waals surface area contributed by atoms with Crippen LogP contribution in [-0.4, -0.2) is 22.2 Å². The molecule has 1 rings (SSSR count). The molecule has 2 N–H and O–H groups in total. The monoisotopic (exact) mass is 246 g/mol. The molecule has 0 aromatic heterocycles. The predicted octanol–water partition coefficient (Wildman–Crippen LogP) is 2.05. The molecule has 18 heavy (non-hydrogen) atoms. The highest BCUT2D eigenvalue weighted by atomic mass is 16.4. The number of aliphatic carboxylic acids is 2. The lowest BCUT2D eigenvalue weighted by molar-refractivity contribution is -0.133. The summed E-state index contributed by atoms with van der Waals surface area (Å²) in [7, 11) is 0. The summed E-state index contributed by atoms with van der Waals surface area (Å²) in [5.74, 6) is -2.06. The largest absolute Gasteiger partial charge is 0.478 e. The molecule has 0 saturated heterocycles. The molecule has 0 aliphatic carbocycles. The van der Waals surface area contributed by atoms with E-state index in [0.29, 0.717) is 0 Å². The third-order valence-electron chi connectivity index (χ3n) is 2.43. The maximum absolute atomic E-state index is 10.7. The van der Waals surface area contributed by atoms with Gasteiger partial charge in [-0.1, -0.05) is 37.4 Å². The fourth-order valence-corrected chi connectivity index (χ4v) is 1.49. The third-order valence-corrected chi connectivity index (χ3v) is 2.43. The van der Waals surface area contributed by atoms with E-state index in [-0.39, 0.29) is 24.0 Å². The van der Waals surface area contributed by atoms with Crippen molar-refractivity contribution >= 4 is 11.9 Å². The minimum Gasteiger partial charge on any atom is -0.478 e. The third kappa shape index (κ3) is 3.90. The van der Waals surface area contributed by atoms with Gasteiger partial charge in [0.25, 0.3) is 0 Å². The molecule has 4 nitrogen and oxygen atoms in total. The molecule has 94 valence electrons. The standard InChI is InChI=1S/C14H14O4/c1-9(13(15)16)6-11-4-3-5-12(8-11)7-10(2)14(17)18/h3-5,8H,1-2,6-7H2,(H,15,16)(H,17,18). The summed E-state index contributed by atoms with van der Waals surface area (Å²) in [5.41, 5.74) is 1.78. The molecule has 0 atom stereocenters. The average molecular weight is 246 g/mol. The molecule has 0 heterocycles. The first-order valence-corrected chi connectivity index (χ1v) is 5.30. The molecule has 0 spiro atoms. The lowest BCUT2D eigenvalue weighted by Gasteiger charge is -2.05. The van der Waals surface area contributed by atoms with Gasteiger partial charge in [-0.15, -0.1) is 0 Å². The van der Waals surface area contributed by atoms with Gasteiger partial charge in [0.1, 0.15) is 0 Å². The summed E-state index contributed by atoms with van der Waals surface area (Å²) in [5, 5.41) is 17.5. The van der Waals surface area contributed by atoms with Gasteiger partial charge in [0.05, 0.1) is 0 Å². The van der Waals surface area contributed by atoms with Gasteiger partial charge in [-0.3, -0.25) is 0 Å². The van der Waals surface area contributed by atoms with E-state index in [1.807, 2.05) is 0 Å². The first-order chi connectivity index (χ1) is 8.40. The van der Waals surface area contributed by atoms with Crippen molar-refractivity contribution in [2.75, 3.05) is 0 Å². The Hall–Kier alpha value is -2.36. The fourth-order valence-electron chi connectivity index (χ4n) is 1.49. The molecule has 0 aliphatic rings. The SMILES string of the molecule is C=C(Cc1cccc(CC(=C)C(=O)O)c1)C(=O)O. The summed E-state index contributed by atoms with van der Waals surface area (Å²) in [4.78, 5) is 21.3. The molecule has 0 saturated carbocycles. The zero-order chi connectivity index (χ0) is 13.7. The van der Waals surface area contributed by atoms with Crippen LogP contribution in [0.15, 0.2) is 48.6 Å². The van der Waals surface area contributed by atoms with E-state index >= 15 is 0 Å². The smallest absolute Gasteiger partial charge is 0.331 e. The van der Waals surface area contributed by atoms with Gasteiger partial charge in [-0.05, 0) is 11.1 Å². The minimum atomic E-state index is -1.03. The maximum Gasteiger partial charge on any atom is 0.331 e. The topological polar surface area (TPSA) is 74.6 Å². The maximum atomic E-state index is 10.7. The number of carbonyl (C=O) groups is 2. The summed E-state index contributed by atoms with van der Waals surface area (Å²) >= 11 is 0. The predicted molar refractivity (Wildman–Crippen MR) is 67.4 cm³/mol. The van der Waals surface area contributed by atoms with E-state index in [9.17, 15) is 9.59 Å². The molecule has 1 aromatic carbocycles. The molecule has 0 bridgehead atoms. The van der Waals surface area contributed by atoms with Crippen molar-refractivity contribution in [1.29, 1.82) is 0 Å². The lowest BCUT2D eigenvalue weighted by atomic mass is 10.0. The number of hydrogen-bond acceptors (Lipinski definition) is 2. The van der Waals surface area contributed by atoms with Crippen molar-refractivity contribution in [3.63, 3.8) is 0 Å². The number of rotatable bonds is 6. The van der Waals surface area contributed by atoms with Gasteiger partial charge in [-0.2, -0.15) is 0 Å². The minimum absolute atomic E-state index is 0.101. The van der Waals surface area contributed by atoms with Crippen molar-refractivity contribution in [1.82, 2.24) is 0 Å². The molecule has 0 unspecified atom stereocenters. The highest BCUT2D eigenvalue weighted by molar-refractivity contribution is 5.86. The first kappa shape index (κ1) is 13.7. The Balaban J connectivity index is 2.80. The van der Waals surface area contributed by atoms with Gasteiger partial charge in [0.15, 0.2) is 0 Å². The molecule has 0 fully saturated rings. The Bertz CT molecular complexity index is 471. The highest BCUT2D eigenvalue weighted by Crippen LogP contribution is 2.13. The average Bonchev–Trinajstić information content (AvgIpc) is 2.29. The van der Waals surface area contributed by atoms with Crippen LogP contribution in [0.5, 0.6) is 0 Å². The van der Waals surface area contributed by atoms with E-state index in [0.717, 1.165) is 11.1 Å². The summed E-state index contributed by atoms with van der Waals surface area (Å²) < 4.78 is 0. The van der Waals surface area contributed by atoms with Crippen molar-refractivity contribution in [3.8, 4) is 0 Å². The van der Waals surface area contributed by atoms with Gasteiger partial charge >= 0.3 is 11.9 Å². The quantitative estimate of drug-likeness (QED) is 0.753. The second-order valence-electron chi connectivity index (χ2n) is 3.99. The van der Waals surface area contributed by atoms with E-state index in [1.54, 1.807) is 24.3 Å². The molecule has 0 amide bonds. The Labute approximate surface area is 105 Å². The number of benzene rings is 1. The first-order valence-electron chi connectivity index (χ1n) is 5.30. The van der Waals surface area contributed by atoms with Gasteiger partial charge < -0.3 is 10.2 Å². The molecular formula is C14H14O4. The Morgan fingerprint density at radius 1 is 0.944 bits per heavy atom. The zero-order valence-corrected chi connectivity index (χ0v) is 9.85. The van der Waals surface area contributed by atoms with Crippen molar-refractivity contribution < 1.29 is 19.8 Å². The Morgan fingerprint density at radius 3 is 1.67 bits per heavy atom. The number of carboxylic acid groups (broad SMARTS) is 2. The molecule has 1 aromatic rings. The highest BCUT2D eigenvalue weighted by Gasteiger charge is 2.08. The van der Waals surface area contributed by atoms with E-state index in [2.05, 4.69) is 13.2 Å². The Morgan fingerprint density at radius 2 is 1.33 bits per heavy atom. The number of carboxylic acids is 2. The van der Waals surface area contributed by atoms with Crippen LogP contribution in [0.4, 0.5) is 0 Å². The van der Waals surface area contributed by atoms with Crippen molar-refractivity contribution in [2.45, 2.75) is 12.8 Å². The van der Waals surface area contributed by atoms with Crippen LogP contribution in [0.25, 0.3) is 0 Å². The Kier molecular flexibility index (Phi) is 4.43. The van der Waals surface area contributed by atoms with Crippen LogP contribution < -0.4 is 0 Å². The molecule has 0 radical (unpaired) electrons. The fraction of sp³-hybridized carbons (Fsp3) is 0.143. The lowest BCUT2D eigenvalue weighted by Crippen LogP contribution is -2.04. The molecule has 4 heteroatoms. The van der Waals surface area contributed by atoms with E-state index in [4.69, 9.17) is 10.2 Å². The number of hydrogen-bond donors (Lipinski definition) is 2. The normalized spacial score (nSPS) is 9.78. The second kappa shape index (κ2) is 5.82. The van der Waals surface area contributed by atoms with E-state index in [1.165, 1.54) is 0 Å². The molecular weight excluding hydrogens is 232 g/mol. The summed E-state index contributed by atoms with van der Waals surface area (Å²) in [6, 6.07) is 7.08. The van der Waals surface area contributed by atoms with Crippen LogP contribution in [0.1, 0.15) is 11.1 Å². The second-order valence-corrected chi connectivity index (χ2v) is 3.99. The van der Waals surface area contributed by atoms with Crippen LogP contribution >= 0.6 is 0 Å². The summed E-state index contributed by atoms with van der Waals surface area (Å²) in [6.45, 7) is 6.91. The zero-order valence-electron chi connectivity index (χ0n) is 9.85. The molecule has 0 aliphatic heterocycles. The van der Waals surface area contributed by atoms with Crippen LogP contribution in [0.3, 0.4) is 0 Å². The van der Waals surface area contributed by atoms with E-state index < -0.39 is 11.9 Å². The van der Waals surface area contributed by atoms with Crippen LogP contribution in [0.2, 0.25) is 0 Å². The van der Waals surface area contributed by atoms with Gasteiger partial charge in [0.2, 0.25) is 0 Å². The van der Waals surface area contributed by atoms with Gasteiger partial charge in [0, 0.05) is 24.0 Å². The van der Waals surface area contributed by atoms with Crippen molar-refractivity contribution in [2.24, 2.45) is 0 Å². The van der Waals surface area contributed by atoms with Crippen LogP contribution in [0, 0.1) is 0 Å². The summed E-state index contributed by atoms with van der Waals surface area (Å²) in [6.07, 6.45) is 0.478. The van der Waals surface area contributed by atoms with Crippen molar-refractivity contribution in [3.05, 3.63) is 59.7 Å².